The maximum absolute atomic E-state index is 5.62. The van der Waals surface area contributed by atoms with Gasteiger partial charge in [-0.2, -0.15) is 0 Å². The van der Waals surface area contributed by atoms with E-state index >= 15 is 0 Å². The molecule has 0 aliphatic carbocycles. The third-order valence-corrected chi connectivity index (χ3v) is 2.85. The summed E-state index contributed by atoms with van der Waals surface area (Å²) in [6.45, 7) is 8.08. The minimum absolute atomic E-state index is 0.698. The van der Waals surface area contributed by atoms with Crippen LogP contribution in [0.3, 0.4) is 0 Å². The van der Waals surface area contributed by atoms with Crippen molar-refractivity contribution in [3.05, 3.63) is 34.3 Å². The summed E-state index contributed by atoms with van der Waals surface area (Å²) < 4.78 is 6.73. The van der Waals surface area contributed by atoms with Crippen LogP contribution in [0.1, 0.15) is 25.8 Å². The predicted octanol–water partition coefficient (Wildman–Crippen LogP) is 3.60. The molecule has 1 N–H and O–H groups in total. The molecule has 1 aromatic carbocycles. The summed E-state index contributed by atoms with van der Waals surface area (Å²) >= 11 is 3.45. The first-order valence-corrected chi connectivity index (χ1v) is 7.00. The molecule has 0 bridgehead atoms. The third kappa shape index (κ3) is 7.53. The fourth-order valence-corrected chi connectivity index (χ4v) is 1.95. The van der Waals surface area contributed by atoms with E-state index < -0.39 is 0 Å². The molecule has 0 aliphatic heterocycles. The van der Waals surface area contributed by atoms with E-state index in [4.69, 9.17) is 4.74 Å². The summed E-state index contributed by atoms with van der Waals surface area (Å²) in [6.07, 6.45) is 1.07. The van der Waals surface area contributed by atoms with Crippen LogP contribution in [-0.2, 0) is 11.3 Å². The van der Waals surface area contributed by atoms with Gasteiger partial charge in [0.15, 0.2) is 0 Å². The molecule has 1 rings (SSSR count). The largest absolute Gasteiger partial charge is 0.377 e. The van der Waals surface area contributed by atoms with Gasteiger partial charge in [-0.05, 0) is 43.1 Å². The molecule has 0 heterocycles. The molecule has 0 saturated carbocycles. The Bertz CT molecular complexity index is 315. The molecule has 0 amide bonds. The Morgan fingerprint density at radius 1 is 1.35 bits per heavy atom. The number of ether oxygens (including phenoxy) is 1. The van der Waals surface area contributed by atoms with Gasteiger partial charge in [0.1, 0.15) is 0 Å². The Morgan fingerprint density at radius 3 is 2.88 bits per heavy atom. The lowest BCUT2D eigenvalue weighted by Gasteiger charge is -2.08. The Kier molecular flexibility index (Phi) is 7.49. The van der Waals surface area contributed by atoms with Gasteiger partial charge in [0.25, 0.3) is 0 Å². The predicted molar refractivity (Wildman–Crippen MR) is 76.1 cm³/mol. The van der Waals surface area contributed by atoms with Gasteiger partial charge in [-0.3, -0.25) is 0 Å². The maximum Gasteiger partial charge on any atom is 0.0717 e. The van der Waals surface area contributed by atoms with Crippen LogP contribution >= 0.6 is 15.9 Å². The zero-order valence-electron chi connectivity index (χ0n) is 10.7. The molecule has 0 unspecified atom stereocenters. The van der Waals surface area contributed by atoms with Gasteiger partial charge in [0.05, 0.1) is 6.61 Å². The Labute approximate surface area is 113 Å². The first kappa shape index (κ1) is 14.7. The van der Waals surface area contributed by atoms with E-state index in [0.29, 0.717) is 6.61 Å². The van der Waals surface area contributed by atoms with Crippen LogP contribution in [0.25, 0.3) is 0 Å². The molecular weight excluding hydrogens is 278 g/mol. The van der Waals surface area contributed by atoms with Crippen LogP contribution in [0.2, 0.25) is 0 Å². The quantitative estimate of drug-likeness (QED) is 0.741. The van der Waals surface area contributed by atoms with Crippen molar-refractivity contribution in [2.45, 2.75) is 26.9 Å². The highest BCUT2D eigenvalue weighted by Crippen LogP contribution is 2.12. The van der Waals surface area contributed by atoms with E-state index in [9.17, 15) is 0 Å². The number of halogens is 1. The van der Waals surface area contributed by atoms with Crippen molar-refractivity contribution in [3.8, 4) is 0 Å². The minimum Gasteiger partial charge on any atom is -0.377 e. The monoisotopic (exact) mass is 299 g/mol. The lowest BCUT2D eigenvalue weighted by atomic mass is 10.2. The summed E-state index contributed by atoms with van der Waals surface area (Å²) in [5.74, 6) is 0.720. The van der Waals surface area contributed by atoms with Gasteiger partial charge in [0, 0.05) is 11.1 Å². The molecule has 0 spiro atoms. The molecule has 3 heteroatoms. The SMILES string of the molecule is CC(C)CNCCCOCc1cccc(Br)c1. The Balaban J connectivity index is 2.01. The van der Waals surface area contributed by atoms with Crippen LogP contribution in [0, 0.1) is 5.92 Å². The van der Waals surface area contributed by atoms with E-state index in [1.807, 2.05) is 12.1 Å². The molecule has 2 nitrogen and oxygen atoms in total. The lowest BCUT2D eigenvalue weighted by Crippen LogP contribution is -2.21. The van der Waals surface area contributed by atoms with Gasteiger partial charge in [-0.25, -0.2) is 0 Å². The van der Waals surface area contributed by atoms with E-state index in [-0.39, 0.29) is 0 Å². The summed E-state index contributed by atoms with van der Waals surface area (Å²) in [7, 11) is 0. The highest BCUT2D eigenvalue weighted by molar-refractivity contribution is 9.10. The zero-order valence-corrected chi connectivity index (χ0v) is 12.3. The standard InChI is InChI=1S/C14H22BrNO/c1-12(2)10-16-7-4-8-17-11-13-5-3-6-14(15)9-13/h3,5-6,9,12,16H,4,7-8,10-11H2,1-2H3. The number of hydrogen-bond donors (Lipinski definition) is 1. The first-order chi connectivity index (χ1) is 8.18. The van der Waals surface area contributed by atoms with Crippen LogP contribution in [0.4, 0.5) is 0 Å². The summed E-state index contributed by atoms with van der Waals surface area (Å²) in [6, 6.07) is 8.24. The fourth-order valence-electron chi connectivity index (χ4n) is 1.51. The third-order valence-electron chi connectivity index (χ3n) is 2.35. The van der Waals surface area contributed by atoms with Gasteiger partial charge < -0.3 is 10.1 Å². The van der Waals surface area contributed by atoms with Crippen molar-refractivity contribution in [2.24, 2.45) is 5.92 Å². The molecule has 0 radical (unpaired) electrons. The van der Waals surface area contributed by atoms with E-state index in [1.165, 1.54) is 5.56 Å². The fraction of sp³-hybridized carbons (Fsp3) is 0.571. The number of hydrogen-bond acceptors (Lipinski definition) is 2. The average molecular weight is 300 g/mol. The summed E-state index contributed by atoms with van der Waals surface area (Å²) in [5, 5.41) is 3.41. The second-order valence-corrected chi connectivity index (χ2v) is 5.55. The molecule has 0 aromatic heterocycles. The molecule has 0 saturated heterocycles. The van der Waals surface area contributed by atoms with E-state index in [0.717, 1.165) is 36.5 Å². The van der Waals surface area contributed by atoms with Crippen molar-refractivity contribution in [1.82, 2.24) is 5.32 Å². The second kappa shape index (κ2) is 8.67. The molecule has 96 valence electrons. The highest BCUT2D eigenvalue weighted by atomic mass is 79.9. The van der Waals surface area contributed by atoms with Crippen LogP contribution in [-0.4, -0.2) is 19.7 Å². The van der Waals surface area contributed by atoms with Crippen LogP contribution in [0.5, 0.6) is 0 Å². The Morgan fingerprint density at radius 2 is 2.18 bits per heavy atom. The maximum atomic E-state index is 5.62. The molecular formula is C14H22BrNO. The molecule has 0 fully saturated rings. The van der Waals surface area contributed by atoms with Crippen LogP contribution < -0.4 is 5.32 Å². The number of rotatable bonds is 8. The lowest BCUT2D eigenvalue weighted by molar-refractivity contribution is 0.118. The van der Waals surface area contributed by atoms with E-state index in [1.54, 1.807) is 0 Å². The molecule has 0 aliphatic rings. The van der Waals surface area contributed by atoms with Gasteiger partial charge in [-0.1, -0.05) is 41.9 Å². The Hall–Kier alpha value is -0.380. The average Bonchev–Trinajstić information content (AvgIpc) is 2.27. The van der Waals surface area contributed by atoms with Gasteiger partial charge >= 0.3 is 0 Å². The van der Waals surface area contributed by atoms with Gasteiger partial charge in [0.2, 0.25) is 0 Å². The topological polar surface area (TPSA) is 21.3 Å². The normalized spacial score (nSPS) is 11.1. The van der Waals surface area contributed by atoms with Crippen molar-refractivity contribution in [3.63, 3.8) is 0 Å². The van der Waals surface area contributed by atoms with Crippen molar-refractivity contribution >= 4 is 15.9 Å². The number of benzene rings is 1. The molecule has 0 atom stereocenters. The minimum atomic E-state index is 0.698. The van der Waals surface area contributed by atoms with Gasteiger partial charge in [-0.15, -0.1) is 0 Å². The molecule has 1 aromatic rings. The first-order valence-electron chi connectivity index (χ1n) is 6.21. The van der Waals surface area contributed by atoms with Crippen molar-refractivity contribution in [1.29, 1.82) is 0 Å². The number of nitrogens with one attached hydrogen (secondary N) is 1. The second-order valence-electron chi connectivity index (χ2n) is 4.63. The molecule has 17 heavy (non-hydrogen) atoms. The highest BCUT2D eigenvalue weighted by Gasteiger charge is 1.95. The van der Waals surface area contributed by atoms with Crippen molar-refractivity contribution in [2.75, 3.05) is 19.7 Å². The van der Waals surface area contributed by atoms with Crippen LogP contribution in [0.15, 0.2) is 28.7 Å². The summed E-state index contributed by atoms with van der Waals surface area (Å²) in [4.78, 5) is 0. The summed E-state index contributed by atoms with van der Waals surface area (Å²) in [5.41, 5.74) is 1.22. The smallest absolute Gasteiger partial charge is 0.0717 e. The van der Waals surface area contributed by atoms with Crippen molar-refractivity contribution < 1.29 is 4.74 Å². The zero-order chi connectivity index (χ0) is 12.5. The van der Waals surface area contributed by atoms with E-state index in [2.05, 4.69) is 47.2 Å².